The van der Waals surface area contributed by atoms with Crippen LogP contribution in [-0.2, 0) is 12.8 Å². The van der Waals surface area contributed by atoms with Gasteiger partial charge in [-0.1, -0.05) is 29.8 Å². The van der Waals surface area contributed by atoms with Gasteiger partial charge in [-0.05, 0) is 29.3 Å². The molecule has 128 valence electrons. The van der Waals surface area contributed by atoms with Crippen LogP contribution in [0.1, 0.15) is 22.7 Å². The molecule has 0 bridgehead atoms. The molecule has 3 nitrogen and oxygen atoms in total. The summed E-state index contributed by atoms with van der Waals surface area (Å²) in [6.07, 6.45) is 2.00. The molecule has 1 atom stereocenters. The maximum Gasteiger partial charge on any atom is 0.160 e. The van der Waals surface area contributed by atoms with Crippen LogP contribution in [0, 0.1) is 0 Å². The summed E-state index contributed by atoms with van der Waals surface area (Å²) < 4.78 is 11.7. The first-order valence-electron chi connectivity index (χ1n) is 8.27. The molecule has 0 fully saturated rings. The maximum absolute atomic E-state index is 6.58. The van der Waals surface area contributed by atoms with Gasteiger partial charge in [-0.3, -0.25) is 0 Å². The van der Waals surface area contributed by atoms with Crippen molar-refractivity contribution in [2.45, 2.75) is 18.9 Å². The molecule has 4 heteroatoms. The Balaban J connectivity index is 2.00. The lowest BCUT2D eigenvalue weighted by molar-refractivity contribution is -0.923. The molecule has 0 spiro atoms. The largest absolute Gasteiger partial charge is 0.493 e. The minimum absolute atomic E-state index is 0.334. The number of rotatable bonds is 4. The number of hydrogen-bond acceptors (Lipinski definition) is 2. The molecular formula is C20H25ClNO2+. The zero-order valence-corrected chi connectivity index (χ0v) is 15.6. The molecule has 0 saturated carbocycles. The van der Waals surface area contributed by atoms with E-state index in [-0.39, 0.29) is 0 Å². The Morgan fingerprint density at radius 3 is 2.54 bits per heavy atom. The monoisotopic (exact) mass is 346 g/mol. The van der Waals surface area contributed by atoms with E-state index >= 15 is 0 Å². The number of halogens is 1. The maximum atomic E-state index is 6.58. The smallest absolute Gasteiger partial charge is 0.160 e. The van der Waals surface area contributed by atoms with Crippen LogP contribution in [0.2, 0.25) is 5.02 Å². The number of quaternary nitrogens is 1. The summed E-state index contributed by atoms with van der Waals surface area (Å²) in [6, 6.07) is 12.8. The normalized spacial score (nSPS) is 18.8. The van der Waals surface area contributed by atoms with Crippen molar-refractivity contribution in [1.29, 1.82) is 0 Å². The third kappa shape index (κ3) is 3.11. The first-order chi connectivity index (χ1) is 11.5. The molecule has 0 amide bonds. The predicted octanol–water partition coefficient (Wildman–Crippen LogP) is 4.27. The molecule has 3 rings (SSSR count). The molecule has 24 heavy (non-hydrogen) atoms. The average Bonchev–Trinajstić information content (AvgIpc) is 2.57. The van der Waals surface area contributed by atoms with Crippen molar-refractivity contribution in [3.63, 3.8) is 0 Å². The van der Waals surface area contributed by atoms with Gasteiger partial charge >= 0.3 is 0 Å². The van der Waals surface area contributed by atoms with Crippen molar-refractivity contribution < 1.29 is 14.0 Å². The van der Waals surface area contributed by atoms with Crippen LogP contribution in [-0.4, -0.2) is 39.3 Å². The Morgan fingerprint density at radius 1 is 1.08 bits per heavy atom. The standard InChI is InChI=1S/C20H25ClNO2/c1-22(2)11-10-15-6-5-7-16(21)20(15)17(22)12-14-8-9-18(23-3)19(13-14)24-4/h5-9,13,17H,10-12H2,1-4H3/q+1. The SMILES string of the molecule is COc1ccc(CC2c3c(Cl)cccc3CC[N+]2(C)C)cc1OC. The van der Waals surface area contributed by atoms with Crippen LogP contribution in [0.5, 0.6) is 11.5 Å². The fraction of sp³-hybridized carbons (Fsp3) is 0.400. The Labute approximate surface area is 149 Å². The van der Waals surface area contributed by atoms with Crippen molar-refractivity contribution in [2.24, 2.45) is 0 Å². The number of likely N-dealkylation sites (N-methyl/N-ethyl adjacent to an activating group) is 1. The van der Waals surface area contributed by atoms with Crippen molar-refractivity contribution in [3.8, 4) is 11.5 Å². The highest BCUT2D eigenvalue weighted by atomic mass is 35.5. The van der Waals surface area contributed by atoms with Gasteiger partial charge in [-0.2, -0.15) is 0 Å². The molecule has 0 aromatic heterocycles. The van der Waals surface area contributed by atoms with Gasteiger partial charge in [0.2, 0.25) is 0 Å². The number of nitrogens with zero attached hydrogens (tertiary/aromatic N) is 1. The quantitative estimate of drug-likeness (QED) is 0.769. The lowest BCUT2D eigenvalue weighted by atomic mass is 9.87. The van der Waals surface area contributed by atoms with Crippen molar-refractivity contribution in [3.05, 3.63) is 58.1 Å². The van der Waals surface area contributed by atoms with Crippen molar-refractivity contribution in [2.75, 3.05) is 34.9 Å². The van der Waals surface area contributed by atoms with E-state index in [2.05, 4.69) is 38.4 Å². The van der Waals surface area contributed by atoms with E-state index in [1.165, 1.54) is 16.7 Å². The molecule has 2 aromatic rings. The third-order valence-electron chi connectivity index (χ3n) is 5.15. The number of hydrogen-bond donors (Lipinski definition) is 0. The number of benzene rings is 2. The third-order valence-corrected chi connectivity index (χ3v) is 5.48. The van der Waals surface area contributed by atoms with E-state index in [0.717, 1.165) is 40.4 Å². The van der Waals surface area contributed by atoms with E-state index in [9.17, 15) is 0 Å². The summed E-state index contributed by atoms with van der Waals surface area (Å²) in [5, 5.41) is 0.879. The zero-order chi connectivity index (χ0) is 17.3. The van der Waals surface area contributed by atoms with Gasteiger partial charge in [0.05, 0.1) is 34.9 Å². The van der Waals surface area contributed by atoms with Gasteiger partial charge in [0.15, 0.2) is 11.5 Å². The van der Waals surface area contributed by atoms with Gasteiger partial charge < -0.3 is 14.0 Å². The summed E-state index contributed by atoms with van der Waals surface area (Å²) in [4.78, 5) is 0. The average molecular weight is 347 g/mol. The van der Waals surface area contributed by atoms with Crippen LogP contribution >= 0.6 is 11.6 Å². The lowest BCUT2D eigenvalue weighted by Gasteiger charge is -2.43. The fourth-order valence-corrected chi connectivity index (χ4v) is 3.99. The minimum atomic E-state index is 0.334. The molecule has 0 saturated heterocycles. The Kier molecular flexibility index (Phi) is 4.75. The number of fused-ring (bicyclic) bond motifs is 1. The first kappa shape index (κ1) is 17.1. The molecular weight excluding hydrogens is 322 g/mol. The molecule has 1 aliphatic heterocycles. The minimum Gasteiger partial charge on any atom is -0.493 e. The van der Waals surface area contributed by atoms with E-state index in [1.807, 2.05) is 12.1 Å². The van der Waals surface area contributed by atoms with Crippen LogP contribution < -0.4 is 9.47 Å². The molecule has 0 aliphatic carbocycles. The number of methoxy groups -OCH3 is 2. The Morgan fingerprint density at radius 2 is 1.83 bits per heavy atom. The lowest BCUT2D eigenvalue weighted by Crippen LogP contribution is -2.48. The predicted molar refractivity (Wildman–Crippen MR) is 98.1 cm³/mol. The number of ether oxygens (including phenoxy) is 2. The molecule has 2 aromatic carbocycles. The molecule has 1 unspecified atom stereocenters. The highest BCUT2D eigenvalue weighted by molar-refractivity contribution is 6.31. The highest BCUT2D eigenvalue weighted by Crippen LogP contribution is 2.40. The van der Waals surface area contributed by atoms with Gasteiger partial charge in [0.25, 0.3) is 0 Å². The van der Waals surface area contributed by atoms with Crippen LogP contribution in [0.15, 0.2) is 36.4 Å². The molecule has 0 N–H and O–H groups in total. The van der Waals surface area contributed by atoms with E-state index in [4.69, 9.17) is 21.1 Å². The summed E-state index contributed by atoms with van der Waals surface area (Å²) >= 11 is 6.58. The van der Waals surface area contributed by atoms with Gasteiger partial charge in [-0.15, -0.1) is 0 Å². The second kappa shape index (κ2) is 6.66. The second-order valence-corrected chi connectivity index (χ2v) is 7.38. The summed E-state index contributed by atoms with van der Waals surface area (Å²) in [7, 11) is 7.92. The van der Waals surface area contributed by atoms with Crippen molar-refractivity contribution >= 4 is 11.6 Å². The summed E-state index contributed by atoms with van der Waals surface area (Å²) in [6.45, 7) is 1.12. The molecule has 1 heterocycles. The van der Waals surface area contributed by atoms with Gasteiger partial charge in [0, 0.05) is 23.4 Å². The second-order valence-electron chi connectivity index (χ2n) is 6.97. The summed E-state index contributed by atoms with van der Waals surface area (Å²) in [5.41, 5.74) is 3.91. The van der Waals surface area contributed by atoms with E-state index < -0.39 is 0 Å². The Bertz CT molecular complexity index is 742. The summed E-state index contributed by atoms with van der Waals surface area (Å²) in [5.74, 6) is 1.53. The molecule has 1 aliphatic rings. The Hall–Kier alpha value is -1.71. The van der Waals surface area contributed by atoms with Crippen molar-refractivity contribution in [1.82, 2.24) is 0 Å². The van der Waals surface area contributed by atoms with Crippen LogP contribution in [0.3, 0.4) is 0 Å². The first-order valence-corrected chi connectivity index (χ1v) is 8.65. The fourth-order valence-electron chi connectivity index (χ4n) is 3.67. The van der Waals surface area contributed by atoms with Gasteiger partial charge in [0.1, 0.15) is 6.04 Å². The van der Waals surface area contributed by atoms with E-state index in [0.29, 0.717) is 6.04 Å². The topological polar surface area (TPSA) is 18.5 Å². The van der Waals surface area contributed by atoms with Crippen LogP contribution in [0.25, 0.3) is 0 Å². The highest BCUT2D eigenvalue weighted by Gasteiger charge is 2.37. The van der Waals surface area contributed by atoms with Gasteiger partial charge in [-0.25, -0.2) is 0 Å². The van der Waals surface area contributed by atoms with E-state index in [1.54, 1.807) is 14.2 Å². The van der Waals surface area contributed by atoms with Crippen LogP contribution in [0.4, 0.5) is 0 Å². The molecule has 0 radical (unpaired) electrons. The zero-order valence-electron chi connectivity index (χ0n) is 14.8.